The SMILES string of the molecule is C=CC1CC2CC12. The average molecular weight is 94.2 g/mol. The molecule has 0 bridgehead atoms. The van der Waals surface area contributed by atoms with Gasteiger partial charge in [-0.25, -0.2) is 0 Å². The van der Waals surface area contributed by atoms with Crippen LogP contribution in [0, 0.1) is 17.8 Å². The zero-order chi connectivity index (χ0) is 4.85. The minimum Gasteiger partial charge on any atom is -0.103 e. The first-order chi connectivity index (χ1) is 3.42. The van der Waals surface area contributed by atoms with Crippen molar-refractivity contribution in [2.45, 2.75) is 12.8 Å². The molecule has 0 aromatic heterocycles. The lowest BCUT2D eigenvalue weighted by molar-refractivity contribution is 0.357. The Balaban J connectivity index is 2.02. The summed E-state index contributed by atoms with van der Waals surface area (Å²) in [5.41, 5.74) is 0. The summed E-state index contributed by atoms with van der Waals surface area (Å²) in [6.45, 7) is 3.76. The smallest absolute Gasteiger partial charge is 0.0202 e. The summed E-state index contributed by atoms with van der Waals surface area (Å²) in [4.78, 5) is 0. The quantitative estimate of drug-likeness (QED) is 0.435. The van der Waals surface area contributed by atoms with Crippen LogP contribution in [0.2, 0.25) is 0 Å². The molecule has 0 N–H and O–H groups in total. The van der Waals surface area contributed by atoms with E-state index in [-0.39, 0.29) is 0 Å². The van der Waals surface area contributed by atoms with Crippen molar-refractivity contribution < 1.29 is 0 Å². The lowest BCUT2D eigenvalue weighted by Gasteiger charge is -2.19. The Kier molecular flexibility index (Phi) is 0.495. The van der Waals surface area contributed by atoms with Crippen molar-refractivity contribution >= 4 is 0 Å². The van der Waals surface area contributed by atoms with Gasteiger partial charge in [0.05, 0.1) is 0 Å². The van der Waals surface area contributed by atoms with E-state index in [1.54, 1.807) is 0 Å². The third kappa shape index (κ3) is 0.324. The maximum atomic E-state index is 3.76. The van der Waals surface area contributed by atoms with Crippen molar-refractivity contribution in [1.29, 1.82) is 0 Å². The van der Waals surface area contributed by atoms with Gasteiger partial charge in [-0.1, -0.05) is 6.08 Å². The first-order valence-electron chi connectivity index (χ1n) is 3.04. The monoisotopic (exact) mass is 94.1 g/mol. The molecule has 2 saturated carbocycles. The van der Waals surface area contributed by atoms with Crippen molar-refractivity contribution in [3.05, 3.63) is 12.7 Å². The summed E-state index contributed by atoms with van der Waals surface area (Å²) in [5, 5.41) is 0. The van der Waals surface area contributed by atoms with Gasteiger partial charge in [-0.3, -0.25) is 0 Å². The molecule has 0 radical (unpaired) electrons. The summed E-state index contributed by atoms with van der Waals surface area (Å²) in [7, 11) is 0. The van der Waals surface area contributed by atoms with Gasteiger partial charge < -0.3 is 0 Å². The first-order valence-corrected chi connectivity index (χ1v) is 3.04. The Morgan fingerprint density at radius 1 is 1.43 bits per heavy atom. The Labute approximate surface area is 44.2 Å². The molecule has 0 nitrogen and oxygen atoms in total. The molecule has 0 spiro atoms. The zero-order valence-corrected chi connectivity index (χ0v) is 4.43. The second-order valence-electron chi connectivity index (χ2n) is 2.79. The van der Waals surface area contributed by atoms with Crippen LogP contribution in [0.4, 0.5) is 0 Å². The first kappa shape index (κ1) is 3.71. The number of hydrogen-bond donors (Lipinski definition) is 0. The lowest BCUT2D eigenvalue weighted by Crippen LogP contribution is -2.11. The molecule has 0 aromatic carbocycles. The maximum Gasteiger partial charge on any atom is -0.0202 e. The normalized spacial score (nSPS) is 54.6. The van der Waals surface area contributed by atoms with Crippen molar-refractivity contribution in [3.8, 4) is 0 Å². The summed E-state index contributed by atoms with van der Waals surface area (Å²) < 4.78 is 0. The Bertz CT molecular complexity index is 105. The molecular weight excluding hydrogens is 84.1 g/mol. The summed E-state index contributed by atoms with van der Waals surface area (Å²) in [6, 6.07) is 0. The van der Waals surface area contributed by atoms with Gasteiger partial charge in [-0.2, -0.15) is 0 Å². The van der Waals surface area contributed by atoms with Crippen LogP contribution in [-0.2, 0) is 0 Å². The van der Waals surface area contributed by atoms with E-state index in [1.165, 1.54) is 12.8 Å². The fraction of sp³-hybridized carbons (Fsp3) is 0.714. The molecule has 0 aromatic rings. The molecule has 2 aliphatic carbocycles. The van der Waals surface area contributed by atoms with Gasteiger partial charge in [0.2, 0.25) is 0 Å². The van der Waals surface area contributed by atoms with Crippen LogP contribution in [0.1, 0.15) is 12.8 Å². The van der Waals surface area contributed by atoms with E-state index in [9.17, 15) is 0 Å². The highest BCUT2D eigenvalue weighted by atomic mass is 14.6. The van der Waals surface area contributed by atoms with Gasteiger partial charge in [-0.15, -0.1) is 6.58 Å². The van der Waals surface area contributed by atoms with E-state index >= 15 is 0 Å². The minimum absolute atomic E-state index is 0.921. The molecule has 7 heavy (non-hydrogen) atoms. The van der Waals surface area contributed by atoms with E-state index in [0.29, 0.717) is 0 Å². The van der Waals surface area contributed by atoms with Crippen LogP contribution in [0.3, 0.4) is 0 Å². The second-order valence-corrected chi connectivity index (χ2v) is 2.79. The van der Waals surface area contributed by atoms with Gasteiger partial charge in [0.25, 0.3) is 0 Å². The molecule has 0 amide bonds. The van der Waals surface area contributed by atoms with Crippen LogP contribution in [0.25, 0.3) is 0 Å². The maximum absolute atomic E-state index is 3.76. The van der Waals surface area contributed by atoms with Gasteiger partial charge in [0.1, 0.15) is 0 Å². The summed E-state index contributed by atoms with van der Waals surface area (Å²) >= 11 is 0. The fourth-order valence-corrected chi connectivity index (χ4v) is 1.67. The predicted molar refractivity (Wildman–Crippen MR) is 29.9 cm³/mol. The number of hydrogen-bond acceptors (Lipinski definition) is 0. The van der Waals surface area contributed by atoms with Crippen molar-refractivity contribution in [3.63, 3.8) is 0 Å². The second kappa shape index (κ2) is 0.936. The number of rotatable bonds is 1. The standard InChI is InChI=1S/C7H10/c1-2-5-3-6-4-7(5)6/h2,5-7H,1,3-4H2. The van der Waals surface area contributed by atoms with Crippen LogP contribution in [0.5, 0.6) is 0 Å². The molecule has 0 heteroatoms. The molecular formula is C7H10. The van der Waals surface area contributed by atoms with Crippen LogP contribution < -0.4 is 0 Å². The van der Waals surface area contributed by atoms with Crippen LogP contribution >= 0.6 is 0 Å². The molecule has 38 valence electrons. The molecule has 2 atom stereocenters. The van der Waals surface area contributed by atoms with Gasteiger partial charge in [0.15, 0.2) is 0 Å². The molecule has 0 saturated heterocycles. The molecule has 2 rings (SSSR count). The van der Waals surface area contributed by atoms with E-state index in [0.717, 1.165) is 17.8 Å². The molecule has 0 heterocycles. The van der Waals surface area contributed by atoms with Crippen molar-refractivity contribution in [1.82, 2.24) is 0 Å². The fourth-order valence-electron chi connectivity index (χ4n) is 1.67. The molecule has 2 fully saturated rings. The topological polar surface area (TPSA) is 0 Å². The van der Waals surface area contributed by atoms with Crippen LogP contribution in [-0.4, -0.2) is 0 Å². The minimum atomic E-state index is 0.921. The Morgan fingerprint density at radius 3 is 2.43 bits per heavy atom. The van der Waals surface area contributed by atoms with Crippen LogP contribution in [0.15, 0.2) is 12.7 Å². The molecule has 2 unspecified atom stereocenters. The summed E-state index contributed by atoms with van der Waals surface area (Å²) in [5.74, 6) is 3.16. The van der Waals surface area contributed by atoms with Crippen molar-refractivity contribution in [2.24, 2.45) is 17.8 Å². The average Bonchev–Trinajstić information content (AvgIpc) is 2.18. The third-order valence-electron chi connectivity index (χ3n) is 2.40. The van der Waals surface area contributed by atoms with E-state index in [4.69, 9.17) is 0 Å². The predicted octanol–water partition coefficient (Wildman–Crippen LogP) is 1.83. The Hall–Kier alpha value is -0.260. The number of fused-ring (bicyclic) bond motifs is 1. The molecule has 0 aliphatic heterocycles. The van der Waals surface area contributed by atoms with E-state index < -0.39 is 0 Å². The highest BCUT2D eigenvalue weighted by Gasteiger charge is 2.51. The van der Waals surface area contributed by atoms with Gasteiger partial charge in [0, 0.05) is 0 Å². The van der Waals surface area contributed by atoms with Gasteiger partial charge >= 0.3 is 0 Å². The molecule has 2 aliphatic rings. The highest BCUT2D eigenvalue weighted by Crippen LogP contribution is 2.59. The zero-order valence-electron chi connectivity index (χ0n) is 4.43. The largest absolute Gasteiger partial charge is 0.103 e. The van der Waals surface area contributed by atoms with Crippen molar-refractivity contribution in [2.75, 3.05) is 0 Å². The lowest BCUT2D eigenvalue weighted by atomic mass is 9.86. The van der Waals surface area contributed by atoms with E-state index in [2.05, 4.69) is 12.7 Å². The van der Waals surface area contributed by atoms with Gasteiger partial charge in [-0.05, 0) is 30.6 Å². The Morgan fingerprint density at radius 2 is 2.29 bits per heavy atom. The summed E-state index contributed by atoms with van der Waals surface area (Å²) in [6.07, 6.45) is 5.08. The third-order valence-corrected chi connectivity index (χ3v) is 2.40. The number of allylic oxidation sites excluding steroid dienone is 1. The van der Waals surface area contributed by atoms with E-state index in [1.807, 2.05) is 0 Å². The highest BCUT2D eigenvalue weighted by molar-refractivity contribution is 5.08.